The zero-order valence-corrected chi connectivity index (χ0v) is 14.8. The molecule has 7 heteroatoms. The Kier molecular flexibility index (Phi) is 5.69. The summed E-state index contributed by atoms with van der Waals surface area (Å²) in [6.45, 7) is 5.32. The van der Waals surface area contributed by atoms with Crippen LogP contribution in [-0.4, -0.2) is 44.8 Å². The number of methoxy groups -OCH3 is 2. The summed E-state index contributed by atoms with van der Waals surface area (Å²) in [5.41, 5.74) is 1.44. The average Bonchev–Trinajstić information content (AvgIpc) is 2.63. The summed E-state index contributed by atoms with van der Waals surface area (Å²) in [4.78, 5) is 26.2. The first-order valence-corrected chi connectivity index (χ1v) is 7.69. The molecule has 25 heavy (non-hydrogen) atoms. The molecular weight excluding hydrogens is 324 g/mol. The monoisotopic (exact) mass is 346 g/mol. The molecule has 1 aromatic carbocycles. The Morgan fingerprint density at radius 3 is 2.68 bits per heavy atom. The molecule has 134 valence electrons. The third kappa shape index (κ3) is 3.60. The summed E-state index contributed by atoms with van der Waals surface area (Å²) in [5, 5.41) is 2.81. The molecule has 2 amide bonds. The van der Waals surface area contributed by atoms with Gasteiger partial charge in [-0.25, -0.2) is 9.59 Å². The Morgan fingerprint density at radius 2 is 2.08 bits per heavy atom. The Morgan fingerprint density at radius 1 is 1.36 bits per heavy atom. The van der Waals surface area contributed by atoms with E-state index in [1.54, 1.807) is 39.3 Å². The van der Waals surface area contributed by atoms with E-state index >= 15 is 0 Å². The number of nitrogens with one attached hydrogen (secondary N) is 1. The number of carbonyl (C=O) groups is 2. The largest absolute Gasteiger partial charge is 0.497 e. The molecule has 1 heterocycles. The van der Waals surface area contributed by atoms with E-state index in [1.165, 1.54) is 18.1 Å². The number of esters is 1. The normalized spacial score (nSPS) is 17.0. The van der Waals surface area contributed by atoms with E-state index in [0.29, 0.717) is 28.3 Å². The number of rotatable bonds is 6. The van der Waals surface area contributed by atoms with Crippen LogP contribution in [0.25, 0.3) is 0 Å². The standard InChI is InChI=1S/C18H22N2O5/c1-6-9-25-17(21)15-11(2)20(3)18(22)19-16(15)13-10-12(23-4)7-8-14(13)24-5/h6-8,10,16H,1,9H2,2-5H3,(H,19,22)/t16-/m0/s1. The SMILES string of the molecule is C=CCOC(=O)C1=C(C)N(C)C(=O)N[C@H]1c1cc(OC)ccc1OC. The van der Waals surface area contributed by atoms with Crippen molar-refractivity contribution in [2.45, 2.75) is 13.0 Å². The first kappa shape index (κ1) is 18.4. The lowest BCUT2D eigenvalue weighted by molar-refractivity contribution is -0.138. The molecular formula is C18H22N2O5. The molecule has 1 N–H and O–H groups in total. The van der Waals surface area contributed by atoms with Gasteiger partial charge in [-0.15, -0.1) is 0 Å². The van der Waals surface area contributed by atoms with Crippen LogP contribution in [0.4, 0.5) is 4.79 Å². The van der Waals surface area contributed by atoms with E-state index in [1.807, 2.05) is 0 Å². The van der Waals surface area contributed by atoms with Crippen molar-refractivity contribution in [3.05, 3.63) is 47.7 Å². The van der Waals surface area contributed by atoms with E-state index in [4.69, 9.17) is 14.2 Å². The molecule has 1 atom stereocenters. The van der Waals surface area contributed by atoms with Gasteiger partial charge in [0.15, 0.2) is 0 Å². The highest BCUT2D eigenvalue weighted by Crippen LogP contribution is 2.37. The van der Waals surface area contributed by atoms with Crippen molar-refractivity contribution < 1.29 is 23.8 Å². The van der Waals surface area contributed by atoms with Crippen LogP contribution < -0.4 is 14.8 Å². The van der Waals surface area contributed by atoms with Gasteiger partial charge < -0.3 is 24.4 Å². The molecule has 0 aliphatic carbocycles. The highest BCUT2D eigenvalue weighted by molar-refractivity contribution is 5.95. The lowest BCUT2D eigenvalue weighted by atomic mass is 9.94. The van der Waals surface area contributed by atoms with Crippen molar-refractivity contribution in [1.29, 1.82) is 0 Å². The fraction of sp³-hybridized carbons (Fsp3) is 0.333. The second kappa shape index (κ2) is 7.74. The van der Waals surface area contributed by atoms with Gasteiger partial charge in [0.25, 0.3) is 0 Å². The van der Waals surface area contributed by atoms with E-state index in [0.717, 1.165) is 0 Å². The van der Waals surface area contributed by atoms with Crippen LogP contribution in [0.1, 0.15) is 18.5 Å². The van der Waals surface area contributed by atoms with Gasteiger partial charge in [0.2, 0.25) is 0 Å². The molecule has 1 aliphatic heterocycles. The first-order valence-electron chi connectivity index (χ1n) is 7.69. The second-order valence-corrected chi connectivity index (χ2v) is 5.44. The smallest absolute Gasteiger partial charge is 0.338 e. The van der Waals surface area contributed by atoms with Crippen LogP contribution in [-0.2, 0) is 9.53 Å². The first-order chi connectivity index (χ1) is 11.9. The van der Waals surface area contributed by atoms with Gasteiger partial charge in [-0.2, -0.15) is 0 Å². The minimum absolute atomic E-state index is 0.0786. The number of benzene rings is 1. The highest BCUT2D eigenvalue weighted by atomic mass is 16.5. The number of hydrogen-bond acceptors (Lipinski definition) is 5. The second-order valence-electron chi connectivity index (χ2n) is 5.44. The van der Waals surface area contributed by atoms with Crippen molar-refractivity contribution in [2.24, 2.45) is 0 Å². The van der Waals surface area contributed by atoms with Gasteiger partial charge in [-0.05, 0) is 25.1 Å². The van der Waals surface area contributed by atoms with E-state index < -0.39 is 12.0 Å². The van der Waals surface area contributed by atoms with Gasteiger partial charge >= 0.3 is 12.0 Å². The molecule has 1 aliphatic rings. The molecule has 0 bridgehead atoms. The number of amides is 2. The molecule has 7 nitrogen and oxygen atoms in total. The number of hydrogen-bond donors (Lipinski definition) is 1. The zero-order valence-electron chi connectivity index (χ0n) is 14.8. The van der Waals surface area contributed by atoms with Crippen LogP contribution in [0.5, 0.6) is 11.5 Å². The fourth-order valence-corrected chi connectivity index (χ4v) is 2.61. The predicted octanol–water partition coefficient (Wildman–Crippen LogP) is 2.40. The minimum Gasteiger partial charge on any atom is -0.497 e. The molecule has 0 unspecified atom stereocenters. The topological polar surface area (TPSA) is 77.1 Å². The third-order valence-corrected chi connectivity index (χ3v) is 4.05. The van der Waals surface area contributed by atoms with Crippen LogP contribution >= 0.6 is 0 Å². The van der Waals surface area contributed by atoms with Crippen LogP contribution in [0, 0.1) is 0 Å². The maximum atomic E-state index is 12.6. The number of ether oxygens (including phenoxy) is 3. The van der Waals surface area contributed by atoms with Gasteiger partial charge in [0, 0.05) is 18.3 Å². The molecule has 0 saturated carbocycles. The maximum Gasteiger partial charge on any atom is 0.338 e. The fourth-order valence-electron chi connectivity index (χ4n) is 2.61. The Balaban J connectivity index is 2.58. The highest BCUT2D eigenvalue weighted by Gasteiger charge is 2.36. The van der Waals surface area contributed by atoms with Gasteiger partial charge in [-0.1, -0.05) is 12.7 Å². The molecule has 0 aromatic heterocycles. The molecule has 0 fully saturated rings. The summed E-state index contributed by atoms with van der Waals surface area (Å²) < 4.78 is 15.9. The van der Waals surface area contributed by atoms with Gasteiger partial charge in [0.05, 0.1) is 25.8 Å². The molecule has 0 saturated heterocycles. The summed E-state index contributed by atoms with van der Waals surface area (Å²) in [6.07, 6.45) is 1.49. The molecule has 2 rings (SSSR count). The average molecular weight is 346 g/mol. The van der Waals surface area contributed by atoms with E-state index in [-0.39, 0.29) is 12.6 Å². The van der Waals surface area contributed by atoms with Crippen LogP contribution in [0.3, 0.4) is 0 Å². The predicted molar refractivity (Wildman–Crippen MR) is 92.4 cm³/mol. The van der Waals surface area contributed by atoms with Crippen molar-refractivity contribution in [2.75, 3.05) is 27.9 Å². The van der Waals surface area contributed by atoms with E-state index in [9.17, 15) is 9.59 Å². The van der Waals surface area contributed by atoms with Crippen LogP contribution in [0.2, 0.25) is 0 Å². The van der Waals surface area contributed by atoms with Crippen molar-refractivity contribution in [3.8, 4) is 11.5 Å². The summed E-state index contributed by atoms with van der Waals surface area (Å²) >= 11 is 0. The lowest BCUT2D eigenvalue weighted by Gasteiger charge is -2.33. The summed E-state index contributed by atoms with van der Waals surface area (Å²) in [5.74, 6) is 0.581. The van der Waals surface area contributed by atoms with Crippen molar-refractivity contribution >= 4 is 12.0 Å². The van der Waals surface area contributed by atoms with Crippen molar-refractivity contribution in [3.63, 3.8) is 0 Å². The number of carbonyl (C=O) groups excluding carboxylic acids is 2. The molecule has 1 aromatic rings. The maximum absolute atomic E-state index is 12.6. The summed E-state index contributed by atoms with van der Waals surface area (Å²) in [6, 6.07) is 4.15. The lowest BCUT2D eigenvalue weighted by Crippen LogP contribution is -2.46. The Hall–Kier alpha value is -2.96. The van der Waals surface area contributed by atoms with Gasteiger partial charge in [-0.3, -0.25) is 0 Å². The zero-order chi connectivity index (χ0) is 18.6. The molecule has 0 spiro atoms. The van der Waals surface area contributed by atoms with Crippen LogP contribution in [0.15, 0.2) is 42.1 Å². The number of allylic oxidation sites excluding steroid dienone is 1. The van der Waals surface area contributed by atoms with E-state index in [2.05, 4.69) is 11.9 Å². The minimum atomic E-state index is -0.717. The Labute approximate surface area is 146 Å². The molecule has 0 radical (unpaired) electrons. The third-order valence-electron chi connectivity index (χ3n) is 4.05. The van der Waals surface area contributed by atoms with Crippen molar-refractivity contribution in [1.82, 2.24) is 10.2 Å². The quantitative estimate of drug-likeness (QED) is 0.632. The summed E-state index contributed by atoms with van der Waals surface area (Å²) in [7, 11) is 4.65. The number of nitrogens with zero attached hydrogens (tertiary/aromatic N) is 1. The Bertz CT molecular complexity index is 726. The number of urea groups is 1. The van der Waals surface area contributed by atoms with Gasteiger partial charge in [0.1, 0.15) is 18.1 Å².